The Labute approximate surface area is 148 Å². The molecule has 0 aliphatic rings. The number of hydrogen-bond donors (Lipinski definition) is 0. The van der Waals surface area contributed by atoms with E-state index in [1.165, 1.54) is 19.4 Å². The van der Waals surface area contributed by atoms with Gasteiger partial charge in [-0.1, -0.05) is 6.07 Å². The van der Waals surface area contributed by atoms with Crippen molar-refractivity contribution in [3.63, 3.8) is 0 Å². The summed E-state index contributed by atoms with van der Waals surface area (Å²) in [5.74, 6) is 0.990. The molecule has 0 saturated heterocycles. The molecule has 26 heavy (non-hydrogen) atoms. The minimum absolute atomic E-state index is 0.0500. The Morgan fingerprint density at radius 1 is 1.04 bits per heavy atom. The Kier molecular flexibility index (Phi) is 5.07. The number of ether oxygens (including phenoxy) is 4. The Bertz CT molecular complexity index is 991. The van der Waals surface area contributed by atoms with Gasteiger partial charge in [0.25, 0.3) is 0 Å². The van der Waals surface area contributed by atoms with E-state index in [4.69, 9.17) is 18.6 Å². The first-order valence-electron chi connectivity index (χ1n) is 7.68. The molecular formula is C19H16O7. The molecule has 0 unspecified atom stereocenters. The summed E-state index contributed by atoms with van der Waals surface area (Å²) in [6.07, 6.45) is 1.23. The molecule has 1 aromatic heterocycles. The summed E-state index contributed by atoms with van der Waals surface area (Å²) in [6, 6.07) is 11.5. The molecule has 1 heterocycles. The summed E-state index contributed by atoms with van der Waals surface area (Å²) < 4.78 is 26.0. The van der Waals surface area contributed by atoms with E-state index in [1.54, 1.807) is 43.5 Å². The van der Waals surface area contributed by atoms with Gasteiger partial charge in [0, 0.05) is 12.1 Å². The molecule has 0 aliphatic carbocycles. The molecular weight excluding hydrogens is 340 g/mol. The zero-order valence-corrected chi connectivity index (χ0v) is 14.2. The van der Waals surface area contributed by atoms with Crippen molar-refractivity contribution in [3.05, 3.63) is 59.0 Å². The Morgan fingerprint density at radius 2 is 1.85 bits per heavy atom. The second-order valence-corrected chi connectivity index (χ2v) is 5.23. The summed E-state index contributed by atoms with van der Waals surface area (Å²) in [7, 11) is 2.82. The molecule has 3 rings (SSSR count). The third-order valence-corrected chi connectivity index (χ3v) is 3.57. The Balaban J connectivity index is 1.86. The first-order valence-corrected chi connectivity index (χ1v) is 7.68. The highest BCUT2D eigenvalue weighted by atomic mass is 16.6. The topological polar surface area (TPSA) is 84.2 Å². The molecule has 7 nitrogen and oxygen atoms in total. The quantitative estimate of drug-likeness (QED) is 0.627. The smallest absolute Gasteiger partial charge is 0.343 e. The molecule has 0 radical (unpaired) electrons. The number of methoxy groups -OCH3 is 2. The van der Waals surface area contributed by atoms with Gasteiger partial charge in [-0.15, -0.1) is 0 Å². The van der Waals surface area contributed by atoms with E-state index in [0.29, 0.717) is 28.2 Å². The summed E-state index contributed by atoms with van der Waals surface area (Å²) in [5.41, 5.74) is -0.0102. The van der Waals surface area contributed by atoms with E-state index in [9.17, 15) is 9.59 Å². The lowest BCUT2D eigenvalue weighted by atomic mass is 10.2. The van der Waals surface area contributed by atoms with Gasteiger partial charge in [-0.3, -0.25) is 4.79 Å². The van der Waals surface area contributed by atoms with Crippen LogP contribution in [0, 0.1) is 0 Å². The highest BCUT2D eigenvalue weighted by Crippen LogP contribution is 2.26. The van der Waals surface area contributed by atoms with Crippen molar-refractivity contribution in [1.29, 1.82) is 0 Å². The van der Waals surface area contributed by atoms with Gasteiger partial charge in [0.1, 0.15) is 29.1 Å². The number of benzene rings is 2. The molecule has 0 amide bonds. The molecule has 0 aliphatic heterocycles. The van der Waals surface area contributed by atoms with Crippen molar-refractivity contribution in [2.75, 3.05) is 20.8 Å². The van der Waals surface area contributed by atoms with Crippen molar-refractivity contribution >= 4 is 16.9 Å². The molecule has 0 atom stereocenters. The first kappa shape index (κ1) is 17.3. The minimum atomic E-state index is -0.506. The summed E-state index contributed by atoms with van der Waals surface area (Å²) in [4.78, 5) is 23.7. The average molecular weight is 356 g/mol. The largest absolute Gasteiger partial charge is 0.497 e. The van der Waals surface area contributed by atoms with E-state index < -0.39 is 5.97 Å². The van der Waals surface area contributed by atoms with Crippen LogP contribution in [0.5, 0.6) is 23.0 Å². The van der Waals surface area contributed by atoms with Crippen LogP contribution in [0.25, 0.3) is 11.0 Å². The van der Waals surface area contributed by atoms with E-state index in [0.717, 1.165) is 0 Å². The lowest BCUT2D eigenvalue weighted by Gasteiger charge is -2.08. The predicted molar refractivity (Wildman–Crippen MR) is 93.1 cm³/mol. The standard InChI is InChI=1S/C19H16O7/c1-22-12-4-3-5-14(8-12)26-17-10-25-16-9-13(24-11-18(20)23-2)6-7-15(16)19(17)21/h3-10H,11H2,1-2H3. The second kappa shape index (κ2) is 7.60. The summed E-state index contributed by atoms with van der Waals surface area (Å²) in [5, 5.41) is 0.329. The maximum Gasteiger partial charge on any atom is 0.343 e. The Morgan fingerprint density at radius 3 is 2.62 bits per heavy atom. The number of rotatable bonds is 6. The van der Waals surface area contributed by atoms with Crippen LogP contribution in [0.4, 0.5) is 0 Å². The van der Waals surface area contributed by atoms with Gasteiger partial charge in [0.15, 0.2) is 6.61 Å². The zero-order valence-electron chi connectivity index (χ0n) is 14.2. The van der Waals surface area contributed by atoms with Crippen molar-refractivity contribution in [2.24, 2.45) is 0 Å². The monoisotopic (exact) mass is 356 g/mol. The highest BCUT2D eigenvalue weighted by molar-refractivity contribution is 5.79. The second-order valence-electron chi connectivity index (χ2n) is 5.23. The van der Waals surface area contributed by atoms with Crippen LogP contribution >= 0.6 is 0 Å². The van der Waals surface area contributed by atoms with Crippen LogP contribution in [-0.4, -0.2) is 26.8 Å². The fraction of sp³-hybridized carbons (Fsp3) is 0.158. The van der Waals surface area contributed by atoms with Crippen LogP contribution < -0.4 is 19.6 Å². The lowest BCUT2D eigenvalue weighted by molar-refractivity contribution is -0.142. The van der Waals surface area contributed by atoms with E-state index in [-0.39, 0.29) is 17.8 Å². The molecule has 3 aromatic rings. The molecule has 0 bridgehead atoms. The van der Waals surface area contributed by atoms with Gasteiger partial charge in [-0.2, -0.15) is 0 Å². The third kappa shape index (κ3) is 3.77. The number of fused-ring (bicyclic) bond motifs is 1. The van der Waals surface area contributed by atoms with Crippen LogP contribution in [-0.2, 0) is 9.53 Å². The minimum Gasteiger partial charge on any atom is -0.497 e. The van der Waals surface area contributed by atoms with Gasteiger partial charge in [0.2, 0.25) is 11.2 Å². The van der Waals surface area contributed by atoms with Crippen molar-refractivity contribution in [3.8, 4) is 23.0 Å². The maximum atomic E-state index is 12.6. The average Bonchev–Trinajstić information content (AvgIpc) is 2.68. The lowest BCUT2D eigenvalue weighted by Crippen LogP contribution is -2.12. The SMILES string of the molecule is COC(=O)COc1ccc2c(=O)c(Oc3cccc(OC)c3)coc2c1. The van der Waals surface area contributed by atoms with Gasteiger partial charge < -0.3 is 23.4 Å². The molecule has 0 fully saturated rings. The maximum absolute atomic E-state index is 12.6. The highest BCUT2D eigenvalue weighted by Gasteiger charge is 2.11. The number of esters is 1. The fourth-order valence-electron chi connectivity index (χ4n) is 2.24. The Hall–Kier alpha value is -3.48. The van der Waals surface area contributed by atoms with Crippen LogP contribution in [0.15, 0.2) is 57.9 Å². The zero-order chi connectivity index (χ0) is 18.5. The molecule has 134 valence electrons. The first-order chi connectivity index (χ1) is 12.6. The molecule has 0 spiro atoms. The van der Waals surface area contributed by atoms with E-state index in [2.05, 4.69) is 4.74 Å². The van der Waals surface area contributed by atoms with Crippen LogP contribution in [0.3, 0.4) is 0 Å². The molecule has 0 saturated carbocycles. The summed E-state index contributed by atoms with van der Waals surface area (Å²) in [6.45, 7) is -0.233. The van der Waals surface area contributed by atoms with E-state index >= 15 is 0 Å². The van der Waals surface area contributed by atoms with Gasteiger partial charge in [-0.25, -0.2) is 4.79 Å². The van der Waals surface area contributed by atoms with Crippen molar-refractivity contribution in [2.45, 2.75) is 0 Å². The van der Waals surface area contributed by atoms with Gasteiger partial charge in [-0.05, 0) is 24.3 Å². The van der Waals surface area contributed by atoms with Crippen molar-refractivity contribution < 1.29 is 28.2 Å². The van der Waals surface area contributed by atoms with Gasteiger partial charge >= 0.3 is 5.97 Å². The summed E-state index contributed by atoms with van der Waals surface area (Å²) >= 11 is 0. The molecule has 7 heteroatoms. The normalized spacial score (nSPS) is 10.4. The predicted octanol–water partition coefficient (Wildman–Crippen LogP) is 3.15. The van der Waals surface area contributed by atoms with E-state index in [1.807, 2.05) is 0 Å². The number of carbonyl (C=O) groups is 1. The van der Waals surface area contributed by atoms with Crippen molar-refractivity contribution in [1.82, 2.24) is 0 Å². The molecule has 0 N–H and O–H groups in total. The molecule has 2 aromatic carbocycles. The fourth-order valence-corrected chi connectivity index (χ4v) is 2.24. The number of hydrogen-bond acceptors (Lipinski definition) is 7. The third-order valence-electron chi connectivity index (χ3n) is 3.57. The van der Waals surface area contributed by atoms with Gasteiger partial charge in [0.05, 0.1) is 19.6 Å². The van der Waals surface area contributed by atoms with Crippen LogP contribution in [0.1, 0.15) is 0 Å². The number of carbonyl (C=O) groups excluding carboxylic acids is 1. The van der Waals surface area contributed by atoms with Crippen LogP contribution in [0.2, 0.25) is 0 Å².